The number of hydrogen-bond donors (Lipinski definition) is 0. The minimum absolute atomic E-state index is 0.151. The fourth-order valence-corrected chi connectivity index (χ4v) is 2.29. The van der Waals surface area contributed by atoms with Gasteiger partial charge in [-0.15, -0.1) is 0 Å². The topological polar surface area (TPSA) is 96.5 Å². The van der Waals surface area contributed by atoms with Crippen LogP contribution in [0.25, 0.3) is 0 Å². The van der Waals surface area contributed by atoms with Gasteiger partial charge in [0.25, 0.3) is 11.6 Å². The second-order valence-corrected chi connectivity index (χ2v) is 5.02. The lowest BCUT2D eigenvalue weighted by molar-refractivity contribution is -0.384. The summed E-state index contributed by atoms with van der Waals surface area (Å²) in [4.78, 5) is 24.0. The van der Waals surface area contributed by atoms with Gasteiger partial charge in [-0.1, -0.05) is 0 Å². The molecule has 1 aromatic rings. The molecular weight excluding hydrogens is 330 g/mol. The Morgan fingerprint density at radius 1 is 1.60 bits per heavy atom. The van der Waals surface area contributed by atoms with Crippen LogP contribution < -0.4 is 0 Å². The molecule has 8 heteroatoms. The number of rotatable bonds is 2. The van der Waals surface area contributed by atoms with Gasteiger partial charge >= 0.3 is 0 Å². The number of hydrogen-bond acceptors (Lipinski definition) is 5. The summed E-state index contributed by atoms with van der Waals surface area (Å²) in [5.41, 5.74) is 0.0550. The highest BCUT2D eigenvalue weighted by Crippen LogP contribution is 2.24. The first-order chi connectivity index (χ1) is 9.52. The first-order valence-corrected chi connectivity index (χ1v) is 6.56. The Morgan fingerprint density at radius 3 is 3.00 bits per heavy atom. The third-order valence-corrected chi connectivity index (χ3v) is 3.58. The summed E-state index contributed by atoms with van der Waals surface area (Å²) < 4.78 is 5.64. The molecular formula is C12H10BrN3O4. The Bertz CT molecular complexity index is 599. The zero-order valence-corrected chi connectivity index (χ0v) is 11.9. The molecule has 1 aromatic carbocycles. The van der Waals surface area contributed by atoms with Crippen LogP contribution in [0, 0.1) is 21.4 Å². The molecule has 1 atom stereocenters. The number of amides is 1. The number of nitro benzene ring substituents is 1. The highest BCUT2D eigenvalue weighted by Gasteiger charge is 2.27. The fraction of sp³-hybridized carbons (Fsp3) is 0.333. The largest absolute Gasteiger partial charge is 0.360 e. The number of carbonyl (C=O) groups is 1. The number of nitrogens with zero attached hydrogens (tertiary/aromatic N) is 3. The highest BCUT2D eigenvalue weighted by atomic mass is 79.9. The van der Waals surface area contributed by atoms with Crippen LogP contribution in [0.1, 0.15) is 10.4 Å². The van der Waals surface area contributed by atoms with Gasteiger partial charge in [-0.05, 0) is 22.0 Å². The van der Waals surface area contributed by atoms with Gasteiger partial charge in [0.2, 0.25) is 0 Å². The summed E-state index contributed by atoms with van der Waals surface area (Å²) in [5, 5.41) is 19.6. The molecule has 104 valence electrons. The van der Waals surface area contributed by atoms with E-state index < -0.39 is 11.0 Å². The molecule has 1 saturated heterocycles. The van der Waals surface area contributed by atoms with E-state index in [1.807, 2.05) is 6.07 Å². The van der Waals surface area contributed by atoms with E-state index in [-0.39, 0.29) is 30.3 Å². The minimum atomic E-state index is -0.662. The lowest BCUT2D eigenvalue weighted by atomic mass is 10.1. The van der Waals surface area contributed by atoms with Crippen molar-refractivity contribution in [3.63, 3.8) is 0 Å². The first-order valence-electron chi connectivity index (χ1n) is 5.77. The second-order valence-electron chi connectivity index (χ2n) is 4.16. The fourth-order valence-electron chi connectivity index (χ4n) is 1.87. The van der Waals surface area contributed by atoms with E-state index in [0.29, 0.717) is 11.0 Å². The normalized spacial score (nSPS) is 18.4. The van der Waals surface area contributed by atoms with E-state index in [9.17, 15) is 14.9 Å². The average molecular weight is 340 g/mol. The Kier molecular flexibility index (Phi) is 4.32. The maximum Gasteiger partial charge on any atom is 0.270 e. The number of carbonyl (C=O) groups excluding carboxylic acids is 1. The molecule has 0 spiro atoms. The predicted octanol–water partition coefficient (Wildman–Crippen LogP) is 1.72. The van der Waals surface area contributed by atoms with Crippen LogP contribution in [-0.2, 0) is 4.74 Å². The number of morpholine rings is 1. The van der Waals surface area contributed by atoms with Gasteiger partial charge in [0.05, 0.1) is 29.7 Å². The molecule has 0 radical (unpaired) electrons. The molecule has 0 N–H and O–H groups in total. The van der Waals surface area contributed by atoms with Crippen molar-refractivity contribution in [3.8, 4) is 6.07 Å². The van der Waals surface area contributed by atoms with Crippen LogP contribution >= 0.6 is 15.9 Å². The van der Waals surface area contributed by atoms with Crippen molar-refractivity contribution in [2.45, 2.75) is 6.10 Å². The molecule has 1 aliphatic rings. The van der Waals surface area contributed by atoms with Crippen molar-refractivity contribution >= 4 is 27.5 Å². The van der Waals surface area contributed by atoms with Gasteiger partial charge < -0.3 is 9.64 Å². The van der Waals surface area contributed by atoms with Gasteiger partial charge in [0, 0.05) is 23.2 Å². The third kappa shape index (κ3) is 2.95. The van der Waals surface area contributed by atoms with Gasteiger partial charge in [0.1, 0.15) is 0 Å². The summed E-state index contributed by atoms with van der Waals surface area (Å²) in [6, 6.07) is 5.96. The maximum atomic E-state index is 12.4. The summed E-state index contributed by atoms with van der Waals surface area (Å²) in [6.07, 6.45) is -0.662. The molecule has 1 fully saturated rings. The number of benzene rings is 1. The lowest BCUT2D eigenvalue weighted by Crippen LogP contribution is -2.45. The molecule has 2 rings (SSSR count). The van der Waals surface area contributed by atoms with E-state index in [1.54, 1.807) is 0 Å². The quantitative estimate of drug-likeness (QED) is 0.603. The van der Waals surface area contributed by atoms with Crippen molar-refractivity contribution in [1.29, 1.82) is 5.26 Å². The summed E-state index contributed by atoms with van der Waals surface area (Å²) in [6.45, 7) is 0.785. The summed E-state index contributed by atoms with van der Waals surface area (Å²) in [7, 11) is 0. The summed E-state index contributed by atoms with van der Waals surface area (Å²) in [5.74, 6) is -0.357. The molecule has 1 unspecified atom stereocenters. The third-order valence-electron chi connectivity index (χ3n) is 2.89. The minimum Gasteiger partial charge on any atom is -0.360 e. The molecule has 1 heterocycles. The van der Waals surface area contributed by atoms with Crippen molar-refractivity contribution in [2.24, 2.45) is 0 Å². The zero-order chi connectivity index (χ0) is 14.7. The van der Waals surface area contributed by atoms with E-state index in [1.165, 1.54) is 23.1 Å². The van der Waals surface area contributed by atoms with Gasteiger partial charge in [0.15, 0.2) is 6.10 Å². The standard InChI is InChI=1S/C12H10BrN3O4/c13-11-2-1-8(16(18)19)5-10(11)12(17)15-3-4-20-9(6-14)7-15/h1-2,5,9H,3-4,7H2. The number of non-ortho nitro benzene ring substituents is 1. The molecule has 20 heavy (non-hydrogen) atoms. The molecule has 7 nitrogen and oxygen atoms in total. The SMILES string of the molecule is N#CC1CN(C(=O)c2cc([N+](=O)[O-])ccc2Br)CCO1. The van der Waals surface area contributed by atoms with Gasteiger partial charge in [-0.25, -0.2) is 0 Å². The average Bonchev–Trinajstić information content (AvgIpc) is 2.46. The van der Waals surface area contributed by atoms with E-state index >= 15 is 0 Å². The molecule has 0 aliphatic carbocycles. The number of nitriles is 1. The zero-order valence-electron chi connectivity index (χ0n) is 10.3. The number of halogens is 1. The van der Waals surface area contributed by atoms with Crippen molar-refractivity contribution in [1.82, 2.24) is 4.90 Å². The predicted molar refractivity (Wildman–Crippen MR) is 72.1 cm³/mol. The van der Waals surface area contributed by atoms with E-state index in [4.69, 9.17) is 10.00 Å². The first kappa shape index (κ1) is 14.4. The van der Waals surface area contributed by atoms with Crippen LogP contribution in [0.4, 0.5) is 5.69 Å². The van der Waals surface area contributed by atoms with Crippen LogP contribution in [-0.4, -0.2) is 41.5 Å². The molecule has 0 aromatic heterocycles. The van der Waals surface area contributed by atoms with Crippen molar-refractivity contribution < 1.29 is 14.5 Å². The van der Waals surface area contributed by atoms with Crippen LogP contribution in [0.15, 0.2) is 22.7 Å². The highest BCUT2D eigenvalue weighted by molar-refractivity contribution is 9.10. The molecule has 0 bridgehead atoms. The number of nitro groups is 1. The monoisotopic (exact) mass is 339 g/mol. The van der Waals surface area contributed by atoms with Crippen molar-refractivity contribution in [2.75, 3.05) is 19.7 Å². The van der Waals surface area contributed by atoms with E-state index in [2.05, 4.69) is 15.9 Å². The number of ether oxygens (including phenoxy) is 1. The second kappa shape index (κ2) is 5.98. The maximum absolute atomic E-state index is 12.4. The lowest BCUT2D eigenvalue weighted by Gasteiger charge is -2.30. The molecule has 1 amide bonds. The van der Waals surface area contributed by atoms with Crippen molar-refractivity contribution in [3.05, 3.63) is 38.3 Å². The Labute approximate surface area is 123 Å². The van der Waals surface area contributed by atoms with Gasteiger partial charge in [-0.3, -0.25) is 14.9 Å². The Morgan fingerprint density at radius 2 is 2.35 bits per heavy atom. The smallest absolute Gasteiger partial charge is 0.270 e. The van der Waals surface area contributed by atoms with Gasteiger partial charge in [-0.2, -0.15) is 5.26 Å². The molecule has 1 aliphatic heterocycles. The molecule has 0 saturated carbocycles. The Hall–Kier alpha value is -1.98. The van der Waals surface area contributed by atoms with Crippen LogP contribution in [0.5, 0.6) is 0 Å². The summed E-state index contributed by atoms with van der Waals surface area (Å²) >= 11 is 3.21. The van der Waals surface area contributed by atoms with Crippen LogP contribution in [0.3, 0.4) is 0 Å². The Balaban J connectivity index is 2.26. The van der Waals surface area contributed by atoms with Crippen LogP contribution in [0.2, 0.25) is 0 Å². The van der Waals surface area contributed by atoms with E-state index in [0.717, 1.165) is 0 Å².